The van der Waals surface area contributed by atoms with Gasteiger partial charge in [-0.05, 0) is 46.1 Å². The molecule has 0 unspecified atom stereocenters. The van der Waals surface area contributed by atoms with E-state index in [1.54, 1.807) is 0 Å². The van der Waals surface area contributed by atoms with Crippen molar-refractivity contribution < 1.29 is 0 Å². The van der Waals surface area contributed by atoms with Gasteiger partial charge in [-0.2, -0.15) is 0 Å². The summed E-state index contributed by atoms with van der Waals surface area (Å²) in [5, 5.41) is 3.59. The molecule has 0 fully saturated rings. The van der Waals surface area contributed by atoms with Crippen molar-refractivity contribution >= 4 is 0 Å². The quantitative estimate of drug-likeness (QED) is 0.667. The molecule has 0 aliphatic rings. The lowest BCUT2D eigenvalue weighted by Gasteiger charge is -2.25. The third kappa shape index (κ3) is 8.29. The maximum Gasteiger partial charge on any atom is 0.00966 e. The molecule has 0 aliphatic heterocycles. The molecule has 0 rings (SSSR count). The molecule has 0 bridgehead atoms. The van der Waals surface area contributed by atoms with E-state index in [0.29, 0.717) is 0 Å². The Hall–Kier alpha value is -0.0400. The summed E-state index contributed by atoms with van der Waals surface area (Å²) in [6.45, 7) is 12.5. The highest BCUT2D eigenvalue weighted by Crippen LogP contribution is 2.13. The zero-order valence-electron chi connectivity index (χ0n) is 10.1. The van der Waals surface area contributed by atoms with Gasteiger partial charge in [0.1, 0.15) is 0 Å². The highest BCUT2D eigenvalue weighted by molar-refractivity contribution is 4.73. The van der Waals surface area contributed by atoms with Crippen molar-refractivity contribution in [3.8, 4) is 0 Å². The van der Waals surface area contributed by atoms with Gasteiger partial charge >= 0.3 is 0 Å². The normalized spacial score (nSPS) is 12.5. The molecule has 13 heavy (non-hydrogen) atoms. The average Bonchev–Trinajstić information content (AvgIpc) is 2.00. The molecular weight excluding hydrogens is 158 g/mol. The molecule has 0 aliphatic carbocycles. The summed E-state index contributed by atoms with van der Waals surface area (Å²) >= 11 is 0. The van der Waals surface area contributed by atoms with Crippen molar-refractivity contribution in [1.29, 1.82) is 0 Å². The molecule has 0 heterocycles. The van der Waals surface area contributed by atoms with Crippen LogP contribution in [0.4, 0.5) is 0 Å². The number of nitrogens with one attached hydrogen (secondary N) is 1. The highest BCUT2D eigenvalue weighted by atomic mass is 14.9. The molecule has 0 saturated heterocycles. The Morgan fingerprint density at radius 2 is 1.46 bits per heavy atom. The molecule has 0 radical (unpaired) electrons. The fourth-order valence-electron chi connectivity index (χ4n) is 1.62. The zero-order chi connectivity index (χ0) is 10.3. The van der Waals surface area contributed by atoms with Crippen LogP contribution in [0.15, 0.2) is 0 Å². The van der Waals surface area contributed by atoms with Crippen molar-refractivity contribution in [2.24, 2.45) is 5.92 Å². The molecule has 0 saturated carbocycles. The van der Waals surface area contributed by atoms with E-state index >= 15 is 0 Å². The first-order valence-electron chi connectivity index (χ1n) is 5.74. The van der Waals surface area contributed by atoms with Crippen molar-refractivity contribution in [2.45, 2.75) is 65.8 Å². The Labute approximate surface area is 84.3 Å². The summed E-state index contributed by atoms with van der Waals surface area (Å²) in [7, 11) is 0. The lowest BCUT2D eigenvalue weighted by Crippen LogP contribution is -2.39. The Bertz CT molecular complexity index is 107. The molecule has 0 atom stereocenters. The second kappa shape index (κ2) is 6.42. The summed E-state index contributed by atoms with van der Waals surface area (Å²) in [4.78, 5) is 0. The van der Waals surface area contributed by atoms with Gasteiger partial charge < -0.3 is 5.32 Å². The minimum Gasteiger partial charge on any atom is -0.312 e. The molecule has 1 N–H and O–H groups in total. The first kappa shape index (κ1) is 13.0. The largest absolute Gasteiger partial charge is 0.312 e. The maximum absolute atomic E-state index is 3.59. The van der Waals surface area contributed by atoms with Gasteiger partial charge in [0.15, 0.2) is 0 Å². The van der Waals surface area contributed by atoms with Gasteiger partial charge in [0, 0.05) is 5.54 Å². The van der Waals surface area contributed by atoms with Crippen molar-refractivity contribution in [3.05, 3.63) is 0 Å². The van der Waals surface area contributed by atoms with E-state index in [0.717, 1.165) is 5.92 Å². The molecule has 1 heteroatoms. The van der Waals surface area contributed by atoms with Crippen molar-refractivity contribution in [1.82, 2.24) is 5.32 Å². The summed E-state index contributed by atoms with van der Waals surface area (Å²) in [5.74, 6) is 0.884. The van der Waals surface area contributed by atoms with E-state index in [1.807, 2.05) is 0 Å². The summed E-state index contributed by atoms with van der Waals surface area (Å²) < 4.78 is 0. The maximum atomic E-state index is 3.59. The molecule has 0 amide bonds. The molecule has 80 valence electrons. The first-order chi connectivity index (χ1) is 5.99. The summed E-state index contributed by atoms with van der Waals surface area (Å²) in [6.07, 6.45) is 5.38. The minimum absolute atomic E-state index is 0.278. The van der Waals surface area contributed by atoms with E-state index in [9.17, 15) is 0 Å². The van der Waals surface area contributed by atoms with Crippen LogP contribution in [0.5, 0.6) is 0 Å². The van der Waals surface area contributed by atoms with Crippen LogP contribution in [-0.2, 0) is 0 Å². The number of hydrogen-bond acceptors (Lipinski definition) is 1. The summed E-state index contributed by atoms with van der Waals surface area (Å²) in [5.41, 5.74) is 0.278. The Morgan fingerprint density at radius 3 is 1.77 bits per heavy atom. The van der Waals surface area contributed by atoms with E-state index in [1.165, 1.54) is 32.2 Å². The van der Waals surface area contributed by atoms with Crippen LogP contribution in [0.2, 0.25) is 0 Å². The van der Waals surface area contributed by atoms with Crippen LogP contribution in [-0.4, -0.2) is 12.1 Å². The fraction of sp³-hybridized carbons (Fsp3) is 1.00. The first-order valence-corrected chi connectivity index (χ1v) is 5.74. The molecule has 0 aromatic carbocycles. The van der Waals surface area contributed by atoms with Crippen LogP contribution < -0.4 is 5.32 Å². The van der Waals surface area contributed by atoms with Gasteiger partial charge in [0.2, 0.25) is 0 Å². The molecule has 0 spiro atoms. The van der Waals surface area contributed by atoms with E-state index < -0.39 is 0 Å². The average molecular weight is 185 g/mol. The van der Waals surface area contributed by atoms with Crippen molar-refractivity contribution in [2.75, 3.05) is 6.54 Å². The molecule has 1 nitrogen and oxygen atoms in total. The van der Waals surface area contributed by atoms with E-state index in [4.69, 9.17) is 0 Å². The number of rotatable bonds is 6. The molecule has 0 aromatic rings. The smallest absolute Gasteiger partial charge is 0.00966 e. The topological polar surface area (TPSA) is 12.0 Å². The van der Waals surface area contributed by atoms with Crippen LogP contribution >= 0.6 is 0 Å². The monoisotopic (exact) mass is 185 g/mol. The fourth-order valence-corrected chi connectivity index (χ4v) is 1.62. The Morgan fingerprint density at radius 1 is 1.00 bits per heavy atom. The SMILES string of the molecule is CCCC(CCC)CNC(C)(C)C. The van der Waals surface area contributed by atoms with E-state index in [-0.39, 0.29) is 5.54 Å². The van der Waals surface area contributed by atoms with Gasteiger partial charge in [0.25, 0.3) is 0 Å². The zero-order valence-corrected chi connectivity index (χ0v) is 10.1. The van der Waals surface area contributed by atoms with Crippen LogP contribution in [0.25, 0.3) is 0 Å². The minimum atomic E-state index is 0.278. The van der Waals surface area contributed by atoms with Gasteiger partial charge in [-0.25, -0.2) is 0 Å². The van der Waals surface area contributed by atoms with Gasteiger partial charge in [-0.3, -0.25) is 0 Å². The molecular formula is C12H27N. The number of hydrogen-bond donors (Lipinski definition) is 1. The van der Waals surface area contributed by atoms with Gasteiger partial charge in [0.05, 0.1) is 0 Å². The molecule has 0 aromatic heterocycles. The standard InChI is InChI=1S/C12H27N/c1-6-8-11(9-7-2)10-13-12(3,4)5/h11,13H,6-10H2,1-5H3. The highest BCUT2D eigenvalue weighted by Gasteiger charge is 2.12. The summed E-state index contributed by atoms with van der Waals surface area (Å²) in [6, 6.07) is 0. The Balaban J connectivity index is 3.68. The van der Waals surface area contributed by atoms with Gasteiger partial charge in [-0.15, -0.1) is 0 Å². The lowest BCUT2D eigenvalue weighted by molar-refractivity contribution is 0.342. The van der Waals surface area contributed by atoms with Crippen LogP contribution in [0.3, 0.4) is 0 Å². The van der Waals surface area contributed by atoms with Gasteiger partial charge in [-0.1, -0.05) is 26.7 Å². The van der Waals surface area contributed by atoms with Crippen LogP contribution in [0.1, 0.15) is 60.3 Å². The lowest BCUT2D eigenvalue weighted by atomic mass is 9.97. The van der Waals surface area contributed by atoms with Crippen molar-refractivity contribution in [3.63, 3.8) is 0 Å². The van der Waals surface area contributed by atoms with E-state index in [2.05, 4.69) is 39.9 Å². The predicted octanol–water partition coefficient (Wildman–Crippen LogP) is 3.59. The van der Waals surface area contributed by atoms with Crippen LogP contribution in [0, 0.1) is 5.92 Å². The third-order valence-corrected chi connectivity index (χ3v) is 2.31. The predicted molar refractivity (Wildman–Crippen MR) is 61.1 cm³/mol. The Kier molecular flexibility index (Phi) is 6.40. The third-order valence-electron chi connectivity index (χ3n) is 2.31. The second-order valence-corrected chi connectivity index (χ2v) is 5.07. The second-order valence-electron chi connectivity index (χ2n) is 5.07.